The number of rotatable bonds is 7. The van der Waals surface area contributed by atoms with Gasteiger partial charge in [0.25, 0.3) is 0 Å². The van der Waals surface area contributed by atoms with Crippen LogP contribution in [0.4, 0.5) is 0 Å². The van der Waals surface area contributed by atoms with E-state index in [4.69, 9.17) is 9.47 Å². The summed E-state index contributed by atoms with van der Waals surface area (Å²) in [6, 6.07) is 14.4. The van der Waals surface area contributed by atoms with Gasteiger partial charge in [-0.3, -0.25) is 4.79 Å². The average Bonchev–Trinajstić information content (AvgIpc) is 2.57. The molecule has 26 heavy (non-hydrogen) atoms. The molecule has 0 aromatic heterocycles. The van der Waals surface area contributed by atoms with Crippen LogP contribution in [-0.2, 0) is 6.42 Å². The molecule has 0 fully saturated rings. The van der Waals surface area contributed by atoms with Crippen LogP contribution in [0.3, 0.4) is 0 Å². The monoisotopic (exact) mass is 352 g/mol. The number of hydrogen-bond acceptors (Lipinski definition) is 3. The quantitative estimate of drug-likeness (QED) is 0.615. The van der Waals surface area contributed by atoms with Crippen molar-refractivity contribution in [3.63, 3.8) is 0 Å². The van der Waals surface area contributed by atoms with Crippen LogP contribution in [-0.4, -0.2) is 18.0 Å². The van der Waals surface area contributed by atoms with E-state index in [1.54, 1.807) is 0 Å². The Hall–Kier alpha value is -2.29. The molecule has 138 valence electrons. The molecule has 3 nitrogen and oxygen atoms in total. The summed E-state index contributed by atoms with van der Waals surface area (Å²) in [6.45, 7) is 6.53. The minimum Gasteiger partial charge on any atom is -0.493 e. The van der Waals surface area contributed by atoms with Crippen molar-refractivity contribution in [2.24, 2.45) is 0 Å². The van der Waals surface area contributed by atoms with Gasteiger partial charge in [-0.25, -0.2) is 0 Å². The van der Waals surface area contributed by atoms with Crippen molar-refractivity contribution < 1.29 is 14.3 Å². The summed E-state index contributed by atoms with van der Waals surface area (Å²) in [5, 5.41) is 0. The van der Waals surface area contributed by atoms with Crippen LogP contribution < -0.4 is 9.47 Å². The van der Waals surface area contributed by atoms with E-state index >= 15 is 0 Å². The van der Waals surface area contributed by atoms with E-state index in [2.05, 4.69) is 30.3 Å². The molecule has 3 heteroatoms. The molecule has 0 saturated heterocycles. The molecule has 0 radical (unpaired) electrons. The van der Waals surface area contributed by atoms with Crippen LogP contribution in [0.15, 0.2) is 42.5 Å². The first-order valence-electron chi connectivity index (χ1n) is 9.48. The maximum atomic E-state index is 12.4. The van der Waals surface area contributed by atoms with Crippen molar-refractivity contribution in [3.05, 3.63) is 59.2 Å². The molecule has 2 aromatic rings. The Morgan fingerprint density at radius 1 is 1.08 bits per heavy atom. The maximum Gasteiger partial charge on any atom is 0.170 e. The number of hydrogen-bond donors (Lipinski definition) is 0. The third-order valence-corrected chi connectivity index (χ3v) is 4.75. The van der Waals surface area contributed by atoms with Gasteiger partial charge in [0.2, 0.25) is 0 Å². The lowest BCUT2D eigenvalue weighted by Crippen LogP contribution is -2.36. The predicted octanol–water partition coefficient (Wildman–Crippen LogP) is 5.53. The second-order valence-electron chi connectivity index (χ2n) is 7.72. The lowest BCUT2D eigenvalue weighted by Gasteiger charge is -2.32. The minimum atomic E-state index is -0.452. The highest BCUT2D eigenvalue weighted by Crippen LogP contribution is 2.37. The molecule has 2 aromatic carbocycles. The number of Topliss-reactive ketones (excluding diaryl/α,β-unsaturated/α-hetero) is 1. The van der Waals surface area contributed by atoms with Crippen LogP contribution in [0.1, 0.15) is 61.0 Å². The third-order valence-electron chi connectivity index (χ3n) is 4.75. The molecule has 1 aliphatic rings. The predicted molar refractivity (Wildman–Crippen MR) is 104 cm³/mol. The Bertz CT molecular complexity index is 763. The Kier molecular flexibility index (Phi) is 5.65. The fourth-order valence-electron chi connectivity index (χ4n) is 3.50. The molecule has 0 atom stereocenters. The summed E-state index contributed by atoms with van der Waals surface area (Å²) < 4.78 is 11.9. The number of unbranched alkanes of at least 4 members (excludes halogenated alkanes) is 2. The van der Waals surface area contributed by atoms with Gasteiger partial charge < -0.3 is 9.47 Å². The summed E-state index contributed by atoms with van der Waals surface area (Å²) in [7, 11) is 0. The Morgan fingerprint density at radius 2 is 1.85 bits per heavy atom. The van der Waals surface area contributed by atoms with Crippen molar-refractivity contribution in [1.29, 1.82) is 0 Å². The molecule has 3 rings (SSSR count). The van der Waals surface area contributed by atoms with E-state index < -0.39 is 5.60 Å². The number of benzene rings is 2. The highest BCUT2D eigenvalue weighted by molar-refractivity contribution is 6.01. The van der Waals surface area contributed by atoms with Crippen molar-refractivity contribution >= 4 is 5.78 Å². The van der Waals surface area contributed by atoms with Crippen LogP contribution >= 0.6 is 0 Å². The van der Waals surface area contributed by atoms with Gasteiger partial charge in [-0.1, -0.05) is 30.3 Å². The van der Waals surface area contributed by atoms with Crippen LogP contribution in [0.2, 0.25) is 0 Å². The second kappa shape index (κ2) is 7.94. The van der Waals surface area contributed by atoms with Gasteiger partial charge in [-0.15, -0.1) is 0 Å². The van der Waals surface area contributed by atoms with Crippen LogP contribution in [0, 0.1) is 6.92 Å². The normalized spacial score (nSPS) is 15.3. The van der Waals surface area contributed by atoms with E-state index in [1.165, 1.54) is 12.0 Å². The lowest BCUT2D eigenvalue weighted by atomic mass is 9.90. The number of ether oxygens (including phenoxy) is 2. The molecule has 0 spiro atoms. The summed E-state index contributed by atoms with van der Waals surface area (Å²) in [6.07, 6.45) is 4.86. The molecule has 1 heterocycles. The van der Waals surface area contributed by atoms with E-state index in [1.807, 2.05) is 32.9 Å². The molecule has 0 saturated carbocycles. The first-order chi connectivity index (χ1) is 12.4. The summed E-state index contributed by atoms with van der Waals surface area (Å²) in [5.41, 5.74) is 2.58. The number of aryl methyl sites for hydroxylation is 2. The summed E-state index contributed by atoms with van der Waals surface area (Å²) >= 11 is 0. The zero-order chi connectivity index (χ0) is 18.6. The van der Waals surface area contributed by atoms with E-state index in [0.717, 1.165) is 30.6 Å². The Labute approximate surface area is 156 Å². The number of ketones is 1. The summed E-state index contributed by atoms with van der Waals surface area (Å²) in [4.78, 5) is 12.4. The van der Waals surface area contributed by atoms with Crippen LogP contribution in [0.25, 0.3) is 0 Å². The van der Waals surface area contributed by atoms with E-state index in [0.29, 0.717) is 24.3 Å². The highest BCUT2D eigenvalue weighted by Gasteiger charge is 2.33. The molecule has 0 aliphatic carbocycles. The smallest absolute Gasteiger partial charge is 0.170 e. The molecule has 0 unspecified atom stereocenters. The average molecular weight is 352 g/mol. The van der Waals surface area contributed by atoms with Gasteiger partial charge in [-0.05, 0) is 63.6 Å². The molecule has 0 bridgehead atoms. The largest absolute Gasteiger partial charge is 0.493 e. The number of carbonyl (C=O) groups is 1. The van der Waals surface area contributed by atoms with Crippen molar-refractivity contribution in [2.45, 2.75) is 58.5 Å². The zero-order valence-electron chi connectivity index (χ0n) is 16.0. The first-order valence-corrected chi connectivity index (χ1v) is 9.48. The number of fused-ring (bicyclic) bond motifs is 1. The van der Waals surface area contributed by atoms with Gasteiger partial charge in [0, 0.05) is 6.07 Å². The highest BCUT2D eigenvalue weighted by atomic mass is 16.5. The number of carbonyl (C=O) groups excluding carboxylic acids is 1. The third kappa shape index (κ3) is 4.66. The van der Waals surface area contributed by atoms with Gasteiger partial charge in [0.1, 0.15) is 17.1 Å². The fraction of sp³-hybridized carbons (Fsp3) is 0.435. The fourth-order valence-corrected chi connectivity index (χ4v) is 3.50. The molecular formula is C23H28O3. The first kappa shape index (κ1) is 18.5. The molecular weight excluding hydrogens is 324 g/mol. The maximum absolute atomic E-state index is 12.4. The second-order valence-corrected chi connectivity index (χ2v) is 7.72. The van der Waals surface area contributed by atoms with Crippen molar-refractivity contribution in [1.82, 2.24) is 0 Å². The SMILES string of the molecule is Cc1cc(OCCCCCc2ccccc2)cc2c1C(=O)CC(C)(C)O2. The van der Waals surface area contributed by atoms with Crippen LogP contribution in [0.5, 0.6) is 11.5 Å². The molecule has 1 aliphatic heterocycles. The standard InChI is InChI=1S/C23H28O3/c1-17-14-19(15-21-22(17)20(24)16-23(2,3)26-21)25-13-9-5-8-12-18-10-6-4-7-11-18/h4,6-7,10-11,14-15H,5,8-9,12-13,16H2,1-3H3. The zero-order valence-corrected chi connectivity index (χ0v) is 16.0. The Balaban J connectivity index is 1.50. The van der Waals surface area contributed by atoms with Gasteiger partial charge in [0.05, 0.1) is 18.6 Å². The van der Waals surface area contributed by atoms with E-state index in [-0.39, 0.29) is 5.78 Å². The van der Waals surface area contributed by atoms with E-state index in [9.17, 15) is 4.79 Å². The lowest BCUT2D eigenvalue weighted by molar-refractivity contribution is 0.0617. The Morgan fingerprint density at radius 3 is 2.62 bits per heavy atom. The summed E-state index contributed by atoms with van der Waals surface area (Å²) in [5.74, 6) is 1.60. The van der Waals surface area contributed by atoms with Gasteiger partial charge >= 0.3 is 0 Å². The molecule has 0 amide bonds. The van der Waals surface area contributed by atoms with Crippen molar-refractivity contribution in [3.8, 4) is 11.5 Å². The molecule has 0 N–H and O–H groups in total. The van der Waals surface area contributed by atoms with Gasteiger partial charge in [-0.2, -0.15) is 0 Å². The topological polar surface area (TPSA) is 35.5 Å². The van der Waals surface area contributed by atoms with Gasteiger partial charge in [0.15, 0.2) is 5.78 Å². The minimum absolute atomic E-state index is 0.154. The van der Waals surface area contributed by atoms with Crippen molar-refractivity contribution in [2.75, 3.05) is 6.61 Å².